The Balaban J connectivity index is 2.15. The summed E-state index contributed by atoms with van der Waals surface area (Å²) in [5.41, 5.74) is 0. The van der Waals surface area contributed by atoms with Gasteiger partial charge < -0.3 is 0 Å². The summed E-state index contributed by atoms with van der Waals surface area (Å²) in [4.78, 5) is 0. The Morgan fingerprint density at radius 1 is 1.11 bits per heavy atom. The van der Waals surface area contributed by atoms with E-state index in [4.69, 9.17) is 0 Å². The highest BCUT2D eigenvalue weighted by Gasteiger charge is 2.51. The van der Waals surface area contributed by atoms with Gasteiger partial charge in [-0.15, -0.1) is 11.8 Å². The Labute approximate surface area is 113 Å². The lowest BCUT2D eigenvalue weighted by molar-refractivity contribution is -0.186. The molecule has 0 amide bonds. The molecule has 18 heavy (non-hydrogen) atoms. The first kappa shape index (κ1) is 14.7. The molecule has 1 unspecified atom stereocenters. The molecule has 3 atom stereocenters. The highest BCUT2D eigenvalue weighted by Crippen LogP contribution is 2.46. The van der Waals surface area contributed by atoms with Crippen LogP contribution in [0.3, 0.4) is 0 Å². The van der Waals surface area contributed by atoms with E-state index >= 15 is 0 Å². The van der Waals surface area contributed by atoms with Crippen LogP contribution in [0.2, 0.25) is 0 Å². The molecule has 2 rings (SSSR count). The highest BCUT2D eigenvalue weighted by atomic mass is 32.2. The Morgan fingerprint density at radius 3 is 2.33 bits per heavy atom. The molecule has 1 heterocycles. The first-order chi connectivity index (χ1) is 8.50. The van der Waals surface area contributed by atoms with Crippen molar-refractivity contribution in [1.29, 1.82) is 0 Å². The third kappa shape index (κ3) is 3.44. The zero-order valence-electron chi connectivity index (χ0n) is 10.2. The Morgan fingerprint density at radius 2 is 1.78 bits per heavy atom. The van der Waals surface area contributed by atoms with Gasteiger partial charge in [0.1, 0.15) is 0 Å². The number of hydrogen-bond donors (Lipinski definition) is 0. The van der Waals surface area contributed by atoms with E-state index in [1.807, 2.05) is 0 Å². The summed E-state index contributed by atoms with van der Waals surface area (Å²) in [7, 11) is -1.31. The van der Waals surface area contributed by atoms with Gasteiger partial charge in [-0.05, 0) is 30.9 Å². The summed E-state index contributed by atoms with van der Waals surface area (Å²) in [5.74, 6) is -0.505. The van der Waals surface area contributed by atoms with Crippen molar-refractivity contribution < 1.29 is 17.4 Å². The molecule has 1 aliphatic heterocycles. The average Bonchev–Trinajstić information content (AvgIpc) is 2.32. The minimum absolute atomic E-state index is 0.307. The quantitative estimate of drug-likeness (QED) is 0.768. The SMILES string of the molecule is O=S1CCCS[C@@H]1[C@@H](C1CCCCC1)C(F)(F)F. The molecule has 0 aromatic carbocycles. The zero-order chi connectivity index (χ0) is 13.2. The van der Waals surface area contributed by atoms with E-state index in [1.165, 1.54) is 11.8 Å². The molecule has 0 bridgehead atoms. The third-order valence-electron chi connectivity index (χ3n) is 3.86. The van der Waals surface area contributed by atoms with Crippen LogP contribution in [-0.2, 0) is 10.8 Å². The highest BCUT2D eigenvalue weighted by molar-refractivity contribution is 8.11. The van der Waals surface area contributed by atoms with Gasteiger partial charge in [0.15, 0.2) is 0 Å². The second-order valence-corrected chi connectivity index (χ2v) is 8.37. The Bertz CT molecular complexity index is 300. The van der Waals surface area contributed by atoms with Gasteiger partial charge in [0, 0.05) is 16.6 Å². The molecule has 1 nitrogen and oxygen atoms in total. The smallest absolute Gasteiger partial charge is 0.258 e. The fourth-order valence-corrected chi connectivity index (χ4v) is 6.86. The van der Waals surface area contributed by atoms with Gasteiger partial charge >= 0.3 is 6.18 Å². The fourth-order valence-electron chi connectivity index (χ4n) is 3.00. The monoisotopic (exact) mass is 300 g/mol. The van der Waals surface area contributed by atoms with Crippen LogP contribution in [0.4, 0.5) is 13.2 Å². The van der Waals surface area contributed by atoms with Crippen LogP contribution in [-0.4, -0.2) is 26.5 Å². The number of thioether (sulfide) groups is 1. The van der Waals surface area contributed by atoms with Crippen molar-refractivity contribution in [3.8, 4) is 0 Å². The van der Waals surface area contributed by atoms with E-state index in [9.17, 15) is 17.4 Å². The molecule has 6 heteroatoms. The molecule has 0 aromatic heterocycles. The van der Waals surface area contributed by atoms with Crippen LogP contribution in [0.5, 0.6) is 0 Å². The van der Waals surface area contributed by atoms with Crippen LogP contribution in [0, 0.1) is 11.8 Å². The van der Waals surface area contributed by atoms with Gasteiger partial charge in [0.05, 0.1) is 10.5 Å². The van der Waals surface area contributed by atoms with Gasteiger partial charge in [-0.1, -0.05) is 19.3 Å². The van der Waals surface area contributed by atoms with Crippen LogP contribution in [0.1, 0.15) is 38.5 Å². The molecule has 0 spiro atoms. The van der Waals surface area contributed by atoms with Crippen molar-refractivity contribution in [2.24, 2.45) is 11.8 Å². The van der Waals surface area contributed by atoms with Gasteiger partial charge in [-0.2, -0.15) is 13.2 Å². The molecular weight excluding hydrogens is 281 g/mol. The van der Waals surface area contributed by atoms with Gasteiger partial charge in [-0.25, -0.2) is 0 Å². The number of halogens is 3. The molecule has 106 valence electrons. The van der Waals surface area contributed by atoms with E-state index in [0.717, 1.165) is 31.4 Å². The molecule has 0 radical (unpaired) electrons. The van der Waals surface area contributed by atoms with Crippen molar-refractivity contribution in [3.05, 3.63) is 0 Å². The molecule has 1 saturated heterocycles. The lowest BCUT2D eigenvalue weighted by Crippen LogP contribution is -2.43. The predicted molar refractivity (Wildman–Crippen MR) is 70.0 cm³/mol. The van der Waals surface area contributed by atoms with E-state index in [2.05, 4.69) is 0 Å². The number of rotatable bonds is 2. The maximum atomic E-state index is 13.3. The van der Waals surface area contributed by atoms with Crippen LogP contribution in [0.15, 0.2) is 0 Å². The summed E-state index contributed by atoms with van der Waals surface area (Å²) in [6, 6.07) is 0. The first-order valence-electron chi connectivity index (χ1n) is 6.55. The fraction of sp³-hybridized carbons (Fsp3) is 1.00. The van der Waals surface area contributed by atoms with Crippen molar-refractivity contribution in [2.45, 2.75) is 49.3 Å². The summed E-state index contributed by atoms with van der Waals surface area (Å²) in [5, 5.41) is 0. The van der Waals surface area contributed by atoms with Crippen molar-refractivity contribution in [3.63, 3.8) is 0 Å². The molecule has 0 N–H and O–H groups in total. The van der Waals surface area contributed by atoms with Crippen LogP contribution in [0.25, 0.3) is 0 Å². The molecule has 2 aliphatic rings. The van der Waals surface area contributed by atoms with E-state index in [-0.39, 0.29) is 5.92 Å². The lowest BCUT2D eigenvalue weighted by atomic mass is 9.80. The molecular formula is C12H19F3OS2. The Kier molecular flexibility index (Phi) is 5.03. The number of hydrogen-bond acceptors (Lipinski definition) is 2. The molecule has 1 aliphatic carbocycles. The van der Waals surface area contributed by atoms with E-state index < -0.39 is 27.5 Å². The first-order valence-corrected chi connectivity index (χ1v) is 8.99. The standard InChI is InChI=1S/C12H19F3OS2/c13-12(14,15)10(9-5-2-1-3-6-9)11-17-7-4-8-18(11)16/h9-11H,1-8H2/t10-,11+,18?/m1/s1. The normalized spacial score (nSPS) is 33.3. The zero-order valence-corrected chi connectivity index (χ0v) is 11.9. The summed E-state index contributed by atoms with van der Waals surface area (Å²) < 4.78 is 51.1. The largest absolute Gasteiger partial charge is 0.394 e. The van der Waals surface area contributed by atoms with E-state index in [1.54, 1.807) is 0 Å². The van der Waals surface area contributed by atoms with Gasteiger partial charge in [-0.3, -0.25) is 4.21 Å². The summed E-state index contributed by atoms with van der Waals surface area (Å²) in [6.07, 6.45) is 0.705. The minimum atomic E-state index is -4.20. The minimum Gasteiger partial charge on any atom is -0.258 e. The topological polar surface area (TPSA) is 17.1 Å². The second-order valence-electron chi connectivity index (χ2n) is 5.14. The Hall–Kier alpha value is 0.290. The molecule has 1 saturated carbocycles. The van der Waals surface area contributed by atoms with Gasteiger partial charge in [0.2, 0.25) is 0 Å². The second kappa shape index (κ2) is 6.16. The average molecular weight is 300 g/mol. The van der Waals surface area contributed by atoms with Crippen molar-refractivity contribution >= 4 is 22.6 Å². The number of alkyl halides is 3. The maximum absolute atomic E-state index is 13.3. The van der Waals surface area contributed by atoms with Crippen LogP contribution < -0.4 is 0 Å². The van der Waals surface area contributed by atoms with E-state index in [0.29, 0.717) is 18.6 Å². The lowest BCUT2D eigenvalue weighted by Gasteiger charge is -2.37. The van der Waals surface area contributed by atoms with Crippen molar-refractivity contribution in [2.75, 3.05) is 11.5 Å². The van der Waals surface area contributed by atoms with Gasteiger partial charge in [0.25, 0.3) is 0 Å². The maximum Gasteiger partial charge on any atom is 0.394 e. The summed E-state index contributed by atoms with van der Waals surface area (Å²) in [6.45, 7) is 0. The third-order valence-corrected chi connectivity index (χ3v) is 7.56. The molecule has 0 aromatic rings. The van der Waals surface area contributed by atoms with Crippen LogP contribution >= 0.6 is 11.8 Å². The van der Waals surface area contributed by atoms with Crippen molar-refractivity contribution in [1.82, 2.24) is 0 Å². The predicted octanol–water partition coefficient (Wildman–Crippen LogP) is 3.96. The summed E-state index contributed by atoms with van der Waals surface area (Å²) >= 11 is 1.28. The molecule has 2 fully saturated rings.